The van der Waals surface area contributed by atoms with Gasteiger partial charge in [0, 0.05) is 38.5 Å². The van der Waals surface area contributed by atoms with E-state index in [-0.39, 0.29) is 5.56 Å². The molecule has 0 atom stereocenters. The average molecular weight is 315 g/mol. The van der Waals surface area contributed by atoms with Crippen molar-refractivity contribution < 1.29 is 9.26 Å². The van der Waals surface area contributed by atoms with E-state index >= 15 is 0 Å². The predicted molar refractivity (Wildman–Crippen MR) is 82.1 cm³/mol. The van der Waals surface area contributed by atoms with Crippen LogP contribution in [0.5, 0.6) is 5.88 Å². The summed E-state index contributed by atoms with van der Waals surface area (Å²) < 4.78 is 13.7. The largest absolute Gasteiger partial charge is 0.479 e. The van der Waals surface area contributed by atoms with Gasteiger partial charge < -0.3 is 13.8 Å². The number of hydrogen-bond acceptors (Lipinski definition) is 6. The van der Waals surface area contributed by atoms with Crippen molar-refractivity contribution in [2.24, 2.45) is 7.05 Å². The zero-order valence-corrected chi connectivity index (χ0v) is 13.0. The van der Waals surface area contributed by atoms with E-state index in [2.05, 4.69) is 15.2 Å². The van der Waals surface area contributed by atoms with Crippen LogP contribution in [0.2, 0.25) is 0 Å². The van der Waals surface area contributed by atoms with Crippen molar-refractivity contribution in [2.75, 3.05) is 7.11 Å². The second-order valence-electron chi connectivity index (χ2n) is 5.08. The number of rotatable bonds is 6. The molecule has 0 unspecified atom stereocenters. The minimum Gasteiger partial charge on any atom is -0.479 e. The zero-order valence-electron chi connectivity index (χ0n) is 13.0. The van der Waals surface area contributed by atoms with E-state index in [1.807, 2.05) is 6.07 Å². The fourth-order valence-corrected chi connectivity index (χ4v) is 2.28. The van der Waals surface area contributed by atoms with Crippen molar-refractivity contribution in [1.82, 2.24) is 24.5 Å². The van der Waals surface area contributed by atoms with Crippen molar-refractivity contribution in [3.05, 3.63) is 46.8 Å². The Morgan fingerprint density at radius 1 is 1.35 bits per heavy atom. The topological polar surface area (TPSA) is 88.0 Å². The summed E-state index contributed by atoms with van der Waals surface area (Å²) in [6.07, 6.45) is 4.89. The van der Waals surface area contributed by atoms with Gasteiger partial charge in [-0.1, -0.05) is 11.2 Å². The summed E-state index contributed by atoms with van der Waals surface area (Å²) in [6, 6.07) is 5.11. The molecule has 0 spiro atoms. The van der Waals surface area contributed by atoms with Gasteiger partial charge in [0.25, 0.3) is 5.89 Å². The molecule has 0 aromatic carbocycles. The van der Waals surface area contributed by atoms with Crippen LogP contribution in [0.15, 0.2) is 39.9 Å². The Kier molecular flexibility index (Phi) is 4.22. The van der Waals surface area contributed by atoms with Crippen LogP contribution >= 0.6 is 0 Å². The van der Waals surface area contributed by atoms with E-state index in [1.165, 1.54) is 0 Å². The maximum absolute atomic E-state index is 11.6. The van der Waals surface area contributed by atoms with Gasteiger partial charge in [0.05, 0.1) is 7.11 Å². The molecular formula is C15H17N5O3. The highest BCUT2D eigenvalue weighted by Crippen LogP contribution is 2.26. The second kappa shape index (κ2) is 6.47. The minimum atomic E-state index is -0.0126. The normalized spacial score (nSPS) is 10.9. The van der Waals surface area contributed by atoms with Gasteiger partial charge >= 0.3 is 0 Å². The van der Waals surface area contributed by atoms with Gasteiger partial charge in [-0.15, -0.1) is 5.10 Å². The Hall–Kier alpha value is -2.90. The van der Waals surface area contributed by atoms with Crippen LogP contribution in [0.4, 0.5) is 0 Å². The Morgan fingerprint density at radius 3 is 3.00 bits per heavy atom. The summed E-state index contributed by atoms with van der Waals surface area (Å²) in [5.74, 6) is 1.41. The monoisotopic (exact) mass is 315 g/mol. The van der Waals surface area contributed by atoms with Gasteiger partial charge in [-0.2, -0.15) is 4.98 Å². The summed E-state index contributed by atoms with van der Waals surface area (Å²) >= 11 is 0. The van der Waals surface area contributed by atoms with E-state index in [0.29, 0.717) is 36.1 Å². The van der Waals surface area contributed by atoms with Gasteiger partial charge in [-0.3, -0.25) is 9.48 Å². The molecule has 0 saturated carbocycles. The van der Waals surface area contributed by atoms with Crippen LogP contribution in [0.3, 0.4) is 0 Å². The molecule has 0 fully saturated rings. The molecule has 0 saturated heterocycles. The molecule has 23 heavy (non-hydrogen) atoms. The molecule has 0 radical (unpaired) electrons. The fraction of sp³-hybridized carbons (Fsp3) is 0.333. The van der Waals surface area contributed by atoms with E-state index in [9.17, 15) is 4.79 Å². The smallest absolute Gasteiger partial charge is 0.265 e. The lowest BCUT2D eigenvalue weighted by Gasteiger charge is -2.02. The Bertz CT molecular complexity index is 849. The molecule has 0 aliphatic rings. The van der Waals surface area contributed by atoms with Crippen molar-refractivity contribution >= 4 is 0 Å². The maximum Gasteiger partial charge on any atom is 0.265 e. The number of ether oxygens (including phenoxy) is 1. The third kappa shape index (κ3) is 3.31. The number of pyridine rings is 1. The van der Waals surface area contributed by atoms with Crippen LogP contribution in [-0.4, -0.2) is 31.6 Å². The number of hydrogen-bond donors (Lipinski definition) is 0. The second-order valence-corrected chi connectivity index (χ2v) is 5.08. The first-order valence-corrected chi connectivity index (χ1v) is 7.23. The van der Waals surface area contributed by atoms with Crippen LogP contribution in [0.25, 0.3) is 11.5 Å². The minimum absolute atomic E-state index is 0.0126. The summed E-state index contributed by atoms with van der Waals surface area (Å²) in [6.45, 7) is 0.611. The molecule has 0 aliphatic heterocycles. The highest BCUT2D eigenvalue weighted by Gasteiger charge is 2.17. The van der Waals surface area contributed by atoms with Gasteiger partial charge in [0.15, 0.2) is 5.82 Å². The Labute approximate surface area is 132 Å². The summed E-state index contributed by atoms with van der Waals surface area (Å²) in [4.78, 5) is 16.0. The van der Waals surface area contributed by atoms with Crippen molar-refractivity contribution in [2.45, 2.75) is 19.4 Å². The standard InChI is InChI=1S/C15H17N5O3/c1-19-10-11(15(17-19)22-2)14-16-12(18-23-14)6-5-9-20-8-4-3-7-13(20)21/h3-4,7-8,10H,5-6,9H2,1-2H3. The SMILES string of the molecule is COc1nn(C)cc1-c1nc(CCCn2ccccc2=O)no1. The van der Waals surface area contributed by atoms with E-state index in [1.54, 1.807) is 47.9 Å². The fourth-order valence-electron chi connectivity index (χ4n) is 2.28. The first-order valence-electron chi connectivity index (χ1n) is 7.23. The average Bonchev–Trinajstić information content (AvgIpc) is 3.15. The van der Waals surface area contributed by atoms with E-state index in [4.69, 9.17) is 9.26 Å². The molecule has 120 valence electrons. The molecule has 3 heterocycles. The van der Waals surface area contributed by atoms with Gasteiger partial charge in [-0.05, 0) is 12.5 Å². The lowest BCUT2D eigenvalue weighted by Crippen LogP contribution is -2.18. The Balaban J connectivity index is 1.66. The van der Waals surface area contributed by atoms with Crippen LogP contribution < -0.4 is 10.3 Å². The molecule has 0 bridgehead atoms. The lowest BCUT2D eigenvalue weighted by molar-refractivity contribution is 0.387. The lowest BCUT2D eigenvalue weighted by atomic mass is 10.3. The quantitative estimate of drug-likeness (QED) is 0.681. The van der Waals surface area contributed by atoms with Crippen LogP contribution in [-0.2, 0) is 20.0 Å². The summed E-state index contributed by atoms with van der Waals surface area (Å²) in [5.41, 5.74) is 0.648. The number of aryl methyl sites for hydroxylation is 3. The first kappa shape index (κ1) is 15.0. The summed E-state index contributed by atoms with van der Waals surface area (Å²) in [5, 5.41) is 8.12. The number of nitrogens with zero attached hydrogens (tertiary/aromatic N) is 5. The molecule has 0 amide bonds. The van der Waals surface area contributed by atoms with Gasteiger partial charge in [-0.25, -0.2) is 0 Å². The molecule has 8 nitrogen and oxygen atoms in total. The third-order valence-corrected chi connectivity index (χ3v) is 3.39. The molecule has 0 N–H and O–H groups in total. The predicted octanol–water partition coefficient (Wildman–Crippen LogP) is 1.27. The number of aromatic nitrogens is 5. The number of methoxy groups -OCH3 is 1. The van der Waals surface area contributed by atoms with Crippen LogP contribution in [0.1, 0.15) is 12.2 Å². The first-order chi connectivity index (χ1) is 11.2. The maximum atomic E-state index is 11.6. The highest BCUT2D eigenvalue weighted by atomic mass is 16.5. The third-order valence-electron chi connectivity index (χ3n) is 3.39. The highest BCUT2D eigenvalue weighted by molar-refractivity contribution is 5.58. The van der Waals surface area contributed by atoms with Crippen molar-refractivity contribution in [1.29, 1.82) is 0 Å². The molecule has 8 heteroatoms. The molecular weight excluding hydrogens is 298 g/mol. The molecule has 3 rings (SSSR count). The zero-order chi connectivity index (χ0) is 16.2. The van der Waals surface area contributed by atoms with Gasteiger partial charge in [0.2, 0.25) is 11.4 Å². The van der Waals surface area contributed by atoms with E-state index in [0.717, 1.165) is 6.42 Å². The Morgan fingerprint density at radius 2 is 2.22 bits per heavy atom. The van der Waals surface area contributed by atoms with Crippen LogP contribution in [0, 0.1) is 0 Å². The van der Waals surface area contributed by atoms with E-state index < -0.39 is 0 Å². The summed E-state index contributed by atoms with van der Waals surface area (Å²) in [7, 11) is 3.33. The molecule has 3 aromatic rings. The molecule has 3 aromatic heterocycles. The van der Waals surface area contributed by atoms with Crippen molar-refractivity contribution in [3.8, 4) is 17.3 Å². The van der Waals surface area contributed by atoms with Gasteiger partial charge in [0.1, 0.15) is 5.56 Å². The molecule has 0 aliphatic carbocycles. The van der Waals surface area contributed by atoms with Crippen molar-refractivity contribution in [3.63, 3.8) is 0 Å².